The van der Waals surface area contributed by atoms with Crippen molar-refractivity contribution in [3.63, 3.8) is 0 Å². The number of nitrogens with one attached hydrogen (secondary N) is 1. The fourth-order valence-electron chi connectivity index (χ4n) is 1.04. The number of para-hydroxylation sites is 2. The highest BCUT2D eigenvalue weighted by molar-refractivity contribution is 5.94. The van der Waals surface area contributed by atoms with Crippen molar-refractivity contribution >= 4 is 23.3 Å². The maximum Gasteiger partial charge on any atom is 0.224 e. The van der Waals surface area contributed by atoms with E-state index in [1.165, 1.54) is 0 Å². The molecule has 1 aromatic carbocycles. The number of hydrogen-bond acceptors (Lipinski definition) is 4. The Hall–Kier alpha value is -2.04. The Morgan fingerprint density at radius 1 is 1.27 bits per heavy atom. The summed E-state index contributed by atoms with van der Waals surface area (Å²) in [5.41, 5.74) is 6.51. The Morgan fingerprint density at radius 3 is 2.53 bits per heavy atom. The molecule has 0 aliphatic carbocycles. The van der Waals surface area contributed by atoms with Crippen molar-refractivity contribution in [2.24, 2.45) is 0 Å². The average molecular weight is 207 g/mol. The number of amides is 1. The Balaban J connectivity index is 2.52. The largest absolute Gasteiger partial charge is 0.550 e. The fraction of sp³-hybridized carbons (Fsp3) is 0.200. The molecule has 1 aromatic rings. The van der Waals surface area contributed by atoms with Gasteiger partial charge in [-0.15, -0.1) is 0 Å². The molecule has 1 rings (SSSR count). The van der Waals surface area contributed by atoms with E-state index in [0.717, 1.165) is 0 Å². The third kappa shape index (κ3) is 3.68. The van der Waals surface area contributed by atoms with E-state index in [9.17, 15) is 14.7 Å². The van der Waals surface area contributed by atoms with Gasteiger partial charge in [0.25, 0.3) is 0 Å². The predicted molar refractivity (Wildman–Crippen MR) is 53.7 cm³/mol. The second kappa shape index (κ2) is 4.99. The van der Waals surface area contributed by atoms with Gasteiger partial charge in [-0.25, -0.2) is 0 Å². The summed E-state index contributed by atoms with van der Waals surface area (Å²) < 4.78 is 0. The standard InChI is InChI=1S/C10H12N2O3/c11-7-3-1-2-4-8(7)12-9(13)5-6-10(14)15/h1-4H,5-6,11H2,(H,12,13)(H,14,15)/p-1. The van der Waals surface area contributed by atoms with E-state index in [1.807, 2.05) is 0 Å². The van der Waals surface area contributed by atoms with E-state index >= 15 is 0 Å². The number of carboxylic acids is 1. The van der Waals surface area contributed by atoms with Crippen LogP contribution in [0.2, 0.25) is 0 Å². The average Bonchev–Trinajstić information content (AvgIpc) is 2.18. The molecule has 1 amide bonds. The van der Waals surface area contributed by atoms with Crippen LogP contribution in [-0.4, -0.2) is 11.9 Å². The van der Waals surface area contributed by atoms with Crippen LogP contribution in [0.3, 0.4) is 0 Å². The summed E-state index contributed by atoms with van der Waals surface area (Å²) >= 11 is 0. The van der Waals surface area contributed by atoms with Gasteiger partial charge in [0, 0.05) is 12.4 Å². The number of benzene rings is 1. The van der Waals surface area contributed by atoms with E-state index in [2.05, 4.69) is 5.32 Å². The molecule has 80 valence electrons. The van der Waals surface area contributed by atoms with Crippen LogP contribution in [0.15, 0.2) is 24.3 Å². The summed E-state index contributed by atoms with van der Waals surface area (Å²) in [5.74, 6) is -1.64. The molecule has 0 fully saturated rings. The van der Waals surface area contributed by atoms with Gasteiger partial charge in [0.05, 0.1) is 11.4 Å². The molecular weight excluding hydrogens is 196 g/mol. The number of aliphatic carboxylic acids is 1. The molecule has 0 radical (unpaired) electrons. The smallest absolute Gasteiger partial charge is 0.224 e. The van der Waals surface area contributed by atoms with E-state index < -0.39 is 11.9 Å². The summed E-state index contributed by atoms with van der Waals surface area (Å²) in [6.07, 6.45) is -0.408. The lowest BCUT2D eigenvalue weighted by molar-refractivity contribution is -0.305. The molecule has 15 heavy (non-hydrogen) atoms. The Bertz CT molecular complexity index is 377. The molecular formula is C10H11N2O3-. The molecule has 0 saturated carbocycles. The lowest BCUT2D eigenvalue weighted by Gasteiger charge is -2.07. The maximum atomic E-state index is 11.2. The molecule has 0 bridgehead atoms. The van der Waals surface area contributed by atoms with Gasteiger partial charge in [-0.05, 0) is 18.6 Å². The van der Waals surface area contributed by atoms with E-state index in [-0.39, 0.29) is 12.8 Å². The van der Waals surface area contributed by atoms with Gasteiger partial charge in [-0.2, -0.15) is 0 Å². The lowest BCUT2D eigenvalue weighted by Crippen LogP contribution is -2.24. The van der Waals surface area contributed by atoms with Crippen LogP contribution in [0.5, 0.6) is 0 Å². The second-order valence-corrected chi connectivity index (χ2v) is 3.01. The van der Waals surface area contributed by atoms with Crippen molar-refractivity contribution in [2.45, 2.75) is 12.8 Å². The number of anilines is 2. The minimum atomic E-state index is -1.24. The molecule has 0 aliphatic rings. The van der Waals surface area contributed by atoms with Crippen LogP contribution in [0.4, 0.5) is 11.4 Å². The number of carbonyl (C=O) groups excluding carboxylic acids is 2. The van der Waals surface area contributed by atoms with Crippen LogP contribution in [-0.2, 0) is 9.59 Å². The van der Waals surface area contributed by atoms with Crippen molar-refractivity contribution in [3.05, 3.63) is 24.3 Å². The highest BCUT2D eigenvalue weighted by Gasteiger charge is 2.04. The summed E-state index contributed by atoms with van der Waals surface area (Å²) in [5, 5.41) is 12.6. The first-order valence-corrected chi connectivity index (χ1v) is 4.44. The van der Waals surface area contributed by atoms with Gasteiger partial charge in [-0.3, -0.25) is 4.79 Å². The molecule has 0 atom stereocenters. The highest BCUT2D eigenvalue weighted by Crippen LogP contribution is 2.16. The van der Waals surface area contributed by atoms with E-state index in [0.29, 0.717) is 11.4 Å². The molecule has 0 unspecified atom stereocenters. The van der Waals surface area contributed by atoms with Crippen molar-refractivity contribution in [1.29, 1.82) is 0 Å². The number of rotatable bonds is 4. The minimum Gasteiger partial charge on any atom is -0.550 e. The monoisotopic (exact) mass is 207 g/mol. The summed E-state index contributed by atoms with van der Waals surface area (Å²) in [7, 11) is 0. The first kappa shape index (κ1) is 11.0. The van der Waals surface area contributed by atoms with Crippen molar-refractivity contribution < 1.29 is 14.7 Å². The number of carboxylic acid groups (broad SMARTS) is 1. The summed E-state index contributed by atoms with van der Waals surface area (Å²) in [4.78, 5) is 21.3. The van der Waals surface area contributed by atoms with Crippen LogP contribution in [0.25, 0.3) is 0 Å². The third-order valence-corrected chi connectivity index (χ3v) is 1.79. The van der Waals surface area contributed by atoms with Gasteiger partial charge < -0.3 is 21.0 Å². The molecule has 5 nitrogen and oxygen atoms in total. The summed E-state index contributed by atoms with van der Waals surface area (Å²) in [6.45, 7) is 0. The number of nitrogens with two attached hydrogens (primary N) is 1. The number of hydrogen-bond donors (Lipinski definition) is 2. The van der Waals surface area contributed by atoms with Gasteiger partial charge in [0.15, 0.2) is 0 Å². The quantitative estimate of drug-likeness (QED) is 0.665. The van der Waals surface area contributed by atoms with Crippen LogP contribution in [0.1, 0.15) is 12.8 Å². The summed E-state index contributed by atoms with van der Waals surface area (Å²) in [6, 6.07) is 6.76. The predicted octanol–water partition coefficient (Wildman–Crippen LogP) is -0.263. The Labute approximate surface area is 86.9 Å². The fourth-order valence-corrected chi connectivity index (χ4v) is 1.04. The third-order valence-electron chi connectivity index (χ3n) is 1.79. The SMILES string of the molecule is Nc1ccccc1NC(=O)CCC(=O)[O-]. The minimum absolute atomic E-state index is 0.114. The Morgan fingerprint density at radius 2 is 1.93 bits per heavy atom. The van der Waals surface area contributed by atoms with Crippen LogP contribution in [0, 0.1) is 0 Å². The van der Waals surface area contributed by atoms with E-state index in [4.69, 9.17) is 5.73 Å². The topological polar surface area (TPSA) is 95.2 Å². The first-order valence-electron chi connectivity index (χ1n) is 4.44. The molecule has 3 N–H and O–H groups in total. The van der Waals surface area contributed by atoms with Crippen LogP contribution >= 0.6 is 0 Å². The molecule has 5 heteroatoms. The zero-order valence-corrected chi connectivity index (χ0v) is 8.03. The van der Waals surface area contributed by atoms with Crippen molar-refractivity contribution in [2.75, 3.05) is 11.1 Å². The van der Waals surface area contributed by atoms with Gasteiger partial charge in [0.2, 0.25) is 5.91 Å². The molecule has 0 aliphatic heterocycles. The zero-order chi connectivity index (χ0) is 11.3. The Kier molecular flexibility index (Phi) is 3.68. The molecule has 0 spiro atoms. The molecule has 0 saturated heterocycles. The maximum absolute atomic E-state index is 11.2. The van der Waals surface area contributed by atoms with Crippen molar-refractivity contribution in [3.8, 4) is 0 Å². The zero-order valence-electron chi connectivity index (χ0n) is 8.03. The van der Waals surface area contributed by atoms with Gasteiger partial charge in [0.1, 0.15) is 0 Å². The molecule has 0 heterocycles. The normalized spacial score (nSPS) is 9.60. The highest BCUT2D eigenvalue weighted by atomic mass is 16.4. The van der Waals surface area contributed by atoms with Gasteiger partial charge >= 0.3 is 0 Å². The number of nitrogen functional groups attached to an aromatic ring is 1. The first-order chi connectivity index (χ1) is 7.09. The van der Waals surface area contributed by atoms with E-state index in [1.54, 1.807) is 24.3 Å². The van der Waals surface area contributed by atoms with Crippen LogP contribution < -0.4 is 16.2 Å². The molecule has 0 aromatic heterocycles. The number of carbonyl (C=O) groups is 2. The van der Waals surface area contributed by atoms with Crippen molar-refractivity contribution in [1.82, 2.24) is 0 Å². The van der Waals surface area contributed by atoms with Gasteiger partial charge in [-0.1, -0.05) is 12.1 Å². The second-order valence-electron chi connectivity index (χ2n) is 3.01. The lowest BCUT2D eigenvalue weighted by atomic mass is 10.2.